The van der Waals surface area contributed by atoms with Crippen LogP contribution in [0.25, 0.3) is 0 Å². The Morgan fingerprint density at radius 1 is 0.906 bits per heavy atom. The van der Waals surface area contributed by atoms with Crippen LogP contribution in [0.5, 0.6) is 0 Å². The molecule has 0 aliphatic heterocycles. The highest BCUT2D eigenvalue weighted by Crippen LogP contribution is 2.28. The van der Waals surface area contributed by atoms with E-state index in [-0.39, 0.29) is 15.9 Å². The van der Waals surface area contributed by atoms with Crippen LogP contribution < -0.4 is 4.72 Å². The number of carboxylic acids is 1. The third-order valence-corrected chi connectivity index (χ3v) is 7.31. The lowest BCUT2D eigenvalue weighted by molar-refractivity contribution is 0.0696. The molecule has 5 nitrogen and oxygen atoms in total. The quantitative estimate of drug-likeness (QED) is 0.440. The van der Waals surface area contributed by atoms with Crippen molar-refractivity contribution in [2.75, 3.05) is 4.72 Å². The van der Waals surface area contributed by atoms with Gasteiger partial charge in [-0.2, -0.15) is 0 Å². The highest BCUT2D eigenvalue weighted by Gasteiger charge is 2.20. The maximum Gasteiger partial charge on any atom is 0.335 e. The van der Waals surface area contributed by atoms with E-state index in [1.165, 1.54) is 0 Å². The summed E-state index contributed by atoms with van der Waals surface area (Å²) in [5, 5.41) is 9.10. The number of hydrogen-bond acceptors (Lipinski definition) is 3. The smallest absolute Gasteiger partial charge is 0.335 e. The van der Waals surface area contributed by atoms with Crippen molar-refractivity contribution >= 4 is 21.7 Å². The number of benzene rings is 3. The van der Waals surface area contributed by atoms with Crippen LogP contribution in [0.1, 0.15) is 54.2 Å². The van der Waals surface area contributed by atoms with Crippen LogP contribution >= 0.6 is 0 Å². The fourth-order valence-electron chi connectivity index (χ4n) is 3.39. The fourth-order valence-corrected chi connectivity index (χ4v) is 4.45. The largest absolute Gasteiger partial charge is 0.478 e. The molecule has 6 heteroatoms. The molecule has 0 amide bonds. The van der Waals surface area contributed by atoms with E-state index in [2.05, 4.69) is 25.5 Å². The fraction of sp³-hybridized carbons (Fsp3) is 0.269. The summed E-state index contributed by atoms with van der Waals surface area (Å²) in [6, 6.07) is 21.2. The zero-order chi connectivity index (χ0) is 23.4. The maximum atomic E-state index is 12.8. The zero-order valence-electron chi connectivity index (χ0n) is 18.6. The standard InChI is InChI=1S/C26H29NO4S/c1-4-26(2,3)22-12-16-24(17-13-22)32(30,31)27-23-14-10-19(11-15-23)8-9-20-6-5-7-21(18-20)25(28)29/h5-7,10-18,27H,4,8-9H2,1-3H3,(H,28,29). The number of carbonyl (C=O) groups is 1. The average Bonchev–Trinajstić information content (AvgIpc) is 2.78. The molecule has 0 aliphatic rings. The lowest BCUT2D eigenvalue weighted by atomic mass is 9.82. The van der Waals surface area contributed by atoms with Gasteiger partial charge < -0.3 is 5.11 Å². The molecule has 0 heterocycles. The third kappa shape index (κ3) is 5.77. The SMILES string of the molecule is CCC(C)(C)c1ccc(S(=O)(=O)Nc2ccc(CCc3cccc(C(=O)O)c3)cc2)cc1. The van der Waals surface area contributed by atoms with E-state index >= 15 is 0 Å². The number of rotatable bonds is 9. The van der Waals surface area contributed by atoms with Gasteiger partial charge in [0.15, 0.2) is 0 Å². The summed E-state index contributed by atoms with van der Waals surface area (Å²) < 4.78 is 28.1. The Morgan fingerprint density at radius 3 is 2.12 bits per heavy atom. The highest BCUT2D eigenvalue weighted by atomic mass is 32.2. The zero-order valence-corrected chi connectivity index (χ0v) is 19.4. The first-order chi connectivity index (χ1) is 15.1. The highest BCUT2D eigenvalue weighted by molar-refractivity contribution is 7.92. The van der Waals surface area contributed by atoms with E-state index in [1.807, 2.05) is 30.3 Å². The number of anilines is 1. The predicted molar refractivity (Wildman–Crippen MR) is 128 cm³/mol. The second-order valence-corrected chi connectivity index (χ2v) is 10.3. The van der Waals surface area contributed by atoms with Crippen LogP contribution in [-0.4, -0.2) is 19.5 Å². The number of nitrogens with one attached hydrogen (secondary N) is 1. The Balaban J connectivity index is 1.64. The summed E-state index contributed by atoms with van der Waals surface area (Å²) >= 11 is 0. The van der Waals surface area contributed by atoms with E-state index in [0.717, 1.165) is 29.5 Å². The molecule has 0 unspecified atom stereocenters. The van der Waals surface area contributed by atoms with Crippen molar-refractivity contribution in [3.63, 3.8) is 0 Å². The average molecular weight is 452 g/mol. The van der Waals surface area contributed by atoms with Crippen molar-refractivity contribution in [3.05, 3.63) is 95.1 Å². The molecule has 0 saturated heterocycles. The summed E-state index contributed by atoms with van der Waals surface area (Å²) in [5.74, 6) is -0.938. The first kappa shape index (κ1) is 23.5. The number of sulfonamides is 1. The van der Waals surface area contributed by atoms with Crippen LogP contribution in [-0.2, 0) is 28.3 Å². The van der Waals surface area contributed by atoms with E-state index in [4.69, 9.17) is 5.11 Å². The van der Waals surface area contributed by atoms with Gasteiger partial charge in [-0.05, 0) is 77.8 Å². The minimum Gasteiger partial charge on any atom is -0.478 e. The van der Waals surface area contributed by atoms with Gasteiger partial charge in [0.1, 0.15) is 0 Å². The maximum absolute atomic E-state index is 12.8. The summed E-state index contributed by atoms with van der Waals surface area (Å²) in [7, 11) is -3.67. The third-order valence-electron chi connectivity index (χ3n) is 5.91. The van der Waals surface area contributed by atoms with Crippen molar-refractivity contribution in [2.24, 2.45) is 0 Å². The Labute approximate surface area is 190 Å². The summed E-state index contributed by atoms with van der Waals surface area (Å²) in [6.45, 7) is 6.39. The molecule has 0 saturated carbocycles. The monoisotopic (exact) mass is 451 g/mol. The Bertz CT molecular complexity index is 1180. The molecule has 3 aromatic rings. The molecule has 3 aromatic carbocycles. The van der Waals surface area contributed by atoms with Gasteiger partial charge in [0.2, 0.25) is 0 Å². The second kappa shape index (κ2) is 9.57. The Hall–Kier alpha value is -3.12. The molecule has 0 aromatic heterocycles. The number of aryl methyl sites for hydroxylation is 2. The lowest BCUT2D eigenvalue weighted by Gasteiger charge is -2.23. The van der Waals surface area contributed by atoms with Crippen LogP contribution in [0.4, 0.5) is 5.69 Å². The molecule has 0 spiro atoms. The van der Waals surface area contributed by atoms with Crippen molar-refractivity contribution in [1.29, 1.82) is 0 Å². The van der Waals surface area contributed by atoms with Gasteiger partial charge in [0, 0.05) is 5.69 Å². The van der Waals surface area contributed by atoms with Crippen LogP contribution in [0.2, 0.25) is 0 Å². The van der Waals surface area contributed by atoms with Crippen LogP contribution in [0, 0.1) is 0 Å². The number of carboxylic acid groups (broad SMARTS) is 1. The van der Waals surface area contributed by atoms with E-state index < -0.39 is 16.0 Å². The molecule has 0 fully saturated rings. The van der Waals surface area contributed by atoms with Crippen molar-refractivity contribution in [2.45, 2.75) is 50.3 Å². The first-order valence-corrected chi connectivity index (χ1v) is 12.1. The van der Waals surface area contributed by atoms with Gasteiger partial charge >= 0.3 is 5.97 Å². The summed E-state index contributed by atoms with van der Waals surface area (Å²) in [5.41, 5.74) is 3.88. The topological polar surface area (TPSA) is 83.5 Å². The van der Waals surface area contributed by atoms with E-state index in [9.17, 15) is 13.2 Å². The predicted octanol–water partition coefficient (Wildman–Crippen LogP) is 5.66. The van der Waals surface area contributed by atoms with Gasteiger partial charge in [-0.25, -0.2) is 13.2 Å². The molecule has 0 aliphatic carbocycles. The van der Waals surface area contributed by atoms with Gasteiger partial charge in [-0.3, -0.25) is 4.72 Å². The molecular formula is C26H29NO4S. The molecule has 0 radical (unpaired) electrons. The molecule has 0 bridgehead atoms. The lowest BCUT2D eigenvalue weighted by Crippen LogP contribution is -2.17. The second-order valence-electron chi connectivity index (χ2n) is 8.57. The van der Waals surface area contributed by atoms with Gasteiger partial charge in [0.05, 0.1) is 10.5 Å². The minimum absolute atomic E-state index is 0.000490. The van der Waals surface area contributed by atoms with Crippen LogP contribution in [0.3, 0.4) is 0 Å². The first-order valence-electron chi connectivity index (χ1n) is 10.7. The van der Waals surface area contributed by atoms with Crippen molar-refractivity contribution in [1.82, 2.24) is 0 Å². The van der Waals surface area contributed by atoms with Crippen molar-refractivity contribution in [3.8, 4) is 0 Å². The normalized spacial score (nSPS) is 11.8. The van der Waals surface area contributed by atoms with Gasteiger partial charge in [-0.1, -0.05) is 57.2 Å². The van der Waals surface area contributed by atoms with E-state index in [1.54, 1.807) is 42.5 Å². The molecule has 3 rings (SSSR count). The Kier molecular flexibility index (Phi) is 7.04. The summed E-state index contributed by atoms with van der Waals surface area (Å²) in [4.78, 5) is 11.3. The Morgan fingerprint density at radius 2 is 1.53 bits per heavy atom. The molecule has 2 N–H and O–H groups in total. The van der Waals surface area contributed by atoms with E-state index in [0.29, 0.717) is 12.1 Å². The molecular weight excluding hydrogens is 422 g/mol. The minimum atomic E-state index is -3.67. The molecule has 168 valence electrons. The van der Waals surface area contributed by atoms with Gasteiger partial charge in [-0.15, -0.1) is 0 Å². The summed E-state index contributed by atoms with van der Waals surface area (Å²) in [6.07, 6.45) is 2.39. The molecule has 32 heavy (non-hydrogen) atoms. The number of aromatic carboxylic acids is 1. The van der Waals surface area contributed by atoms with Crippen molar-refractivity contribution < 1.29 is 18.3 Å². The van der Waals surface area contributed by atoms with Gasteiger partial charge in [0.25, 0.3) is 10.0 Å². The number of hydrogen-bond donors (Lipinski definition) is 2. The molecule has 0 atom stereocenters. The van der Waals surface area contributed by atoms with Crippen LogP contribution in [0.15, 0.2) is 77.7 Å².